The van der Waals surface area contributed by atoms with E-state index in [0.717, 1.165) is 16.7 Å². The maximum absolute atomic E-state index is 14.6. The molecule has 4 amide bonds. The summed E-state index contributed by atoms with van der Waals surface area (Å²) in [5, 5.41) is 11.4. The Morgan fingerprint density at radius 3 is 2.15 bits per heavy atom. The van der Waals surface area contributed by atoms with Gasteiger partial charge in [-0.25, -0.2) is 4.90 Å². The standard InChI is InChI=1S/C44H40N2O8/c1-44-33(41(49)46(43(44)51)27-9-6-5-7-10-27)24-32-30(39(44)38-34(47)11-8-12-36(38)54-4)20-21-31-37(32)42(50)45(40(31)48)28-17-14-25(15-18-28)13-16-26-23-29(52-2)19-22-35(26)53-3/h5-20,22-23,31-33,37,39,47H,21,24H2,1-4H3/t31-,32+,33-,37-,39+,44+/m0/s1. The third kappa shape index (κ3) is 5.22. The molecule has 54 heavy (non-hydrogen) atoms. The molecule has 274 valence electrons. The highest BCUT2D eigenvalue weighted by atomic mass is 16.5. The van der Waals surface area contributed by atoms with Gasteiger partial charge >= 0.3 is 0 Å². The van der Waals surface area contributed by atoms with Crippen LogP contribution in [0.1, 0.15) is 42.4 Å². The number of carbonyl (C=O) groups excluding carboxylic acids is 4. The van der Waals surface area contributed by atoms with Gasteiger partial charge in [-0.1, -0.05) is 60.2 Å². The first-order valence-corrected chi connectivity index (χ1v) is 18.0. The number of hydrogen-bond donors (Lipinski definition) is 1. The van der Waals surface area contributed by atoms with E-state index < -0.39 is 35.0 Å². The molecular weight excluding hydrogens is 684 g/mol. The number of hydrogen-bond acceptors (Lipinski definition) is 8. The first-order valence-electron chi connectivity index (χ1n) is 18.0. The molecule has 4 aliphatic rings. The first-order chi connectivity index (χ1) is 26.1. The maximum Gasteiger partial charge on any atom is 0.241 e. The Morgan fingerprint density at radius 1 is 0.722 bits per heavy atom. The van der Waals surface area contributed by atoms with Crippen molar-refractivity contribution in [3.8, 4) is 23.0 Å². The SMILES string of the molecule is COc1ccc(OC)c(C=Cc2ccc(N3C(=O)[C@H]4[C@H](CC=C5[C@H]4C[C@H]4C(=O)N(c6ccccc6)C(=O)[C@@]4(C)[C@H]5c4c(O)cccc4OC)C3=O)cc2)c1. The molecule has 10 nitrogen and oxygen atoms in total. The van der Waals surface area contributed by atoms with Gasteiger partial charge in [-0.2, -0.15) is 0 Å². The Labute approximate surface area is 313 Å². The summed E-state index contributed by atoms with van der Waals surface area (Å²) in [4.78, 5) is 60.3. The zero-order valence-electron chi connectivity index (χ0n) is 30.4. The highest BCUT2D eigenvalue weighted by Crippen LogP contribution is 2.65. The minimum atomic E-state index is -1.31. The minimum absolute atomic E-state index is 0.0733. The van der Waals surface area contributed by atoms with E-state index in [-0.39, 0.29) is 42.2 Å². The van der Waals surface area contributed by atoms with Crippen LogP contribution < -0.4 is 24.0 Å². The van der Waals surface area contributed by atoms with Crippen LogP contribution in [0.5, 0.6) is 23.0 Å². The lowest BCUT2D eigenvalue weighted by Crippen LogP contribution is -2.49. The van der Waals surface area contributed by atoms with Crippen molar-refractivity contribution in [1.29, 1.82) is 0 Å². The van der Waals surface area contributed by atoms with Crippen LogP contribution in [0.25, 0.3) is 12.2 Å². The summed E-state index contributed by atoms with van der Waals surface area (Å²) >= 11 is 0. The summed E-state index contributed by atoms with van der Waals surface area (Å²) in [6, 6.07) is 26.5. The zero-order valence-corrected chi connectivity index (χ0v) is 30.4. The minimum Gasteiger partial charge on any atom is -0.508 e. The molecule has 3 fully saturated rings. The fraction of sp³-hybridized carbons (Fsp3) is 0.273. The van der Waals surface area contributed by atoms with E-state index >= 15 is 0 Å². The van der Waals surface area contributed by atoms with Crippen LogP contribution in [-0.2, 0) is 19.2 Å². The van der Waals surface area contributed by atoms with Gasteiger partial charge < -0.3 is 19.3 Å². The Morgan fingerprint density at radius 2 is 1.44 bits per heavy atom. The van der Waals surface area contributed by atoms with Gasteiger partial charge in [0.2, 0.25) is 23.6 Å². The molecule has 4 aromatic carbocycles. The number of fused-ring (bicyclic) bond motifs is 4. The average Bonchev–Trinajstić information content (AvgIpc) is 3.56. The van der Waals surface area contributed by atoms with Crippen LogP contribution in [0.3, 0.4) is 0 Å². The number of carbonyl (C=O) groups is 4. The number of phenols is 1. The number of allylic oxidation sites excluding steroid dienone is 2. The second-order valence-electron chi connectivity index (χ2n) is 14.4. The maximum atomic E-state index is 14.6. The van der Waals surface area contributed by atoms with Crippen LogP contribution in [0.4, 0.5) is 11.4 Å². The highest BCUT2D eigenvalue weighted by Gasteiger charge is 2.68. The summed E-state index contributed by atoms with van der Waals surface area (Å²) in [6.07, 6.45) is 6.26. The van der Waals surface area contributed by atoms with Crippen molar-refractivity contribution in [3.63, 3.8) is 0 Å². The summed E-state index contributed by atoms with van der Waals surface area (Å²) in [5.41, 5.74) is 2.44. The van der Waals surface area contributed by atoms with Crippen molar-refractivity contribution in [3.05, 3.63) is 119 Å². The molecule has 2 saturated heterocycles. The Kier molecular flexibility index (Phi) is 8.63. The fourth-order valence-corrected chi connectivity index (χ4v) is 9.29. The summed E-state index contributed by atoms with van der Waals surface area (Å²) < 4.78 is 16.6. The lowest BCUT2D eigenvalue weighted by Gasteiger charge is -2.49. The number of aromatic hydroxyl groups is 1. The number of rotatable bonds is 8. The molecule has 2 aliphatic carbocycles. The van der Waals surface area contributed by atoms with E-state index in [1.165, 1.54) is 16.9 Å². The van der Waals surface area contributed by atoms with Gasteiger partial charge in [0.05, 0.1) is 55.9 Å². The zero-order chi connectivity index (χ0) is 37.9. The van der Waals surface area contributed by atoms with Crippen LogP contribution in [-0.4, -0.2) is 50.1 Å². The second kappa shape index (κ2) is 13.4. The molecule has 8 rings (SSSR count). The summed E-state index contributed by atoms with van der Waals surface area (Å²) in [6.45, 7) is 1.79. The number of amides is 4. The number of para-hydroxylation sites is 1. The van der Waals surface area contributed by atoms with E-state index in [0.29, 0.717) is 34.2 Å². The third-order valence-electron chi connectivity index (χ3n) is 11.9. The second-order valence-corrected chi connectivity index (χ2v) is 14.4. The predicted octanol–water partition coefficient (Wildman–Crippen LogP) is 7.02. The van der Waals surface area contributed by atoms with Gasteiger partial charge in [0, 0.05) is 17.0 Å². The monoisotopic (exact) mass is 724 g/mol. The fourth-order valence-electron chi connectivity index (χ4n) is 9.29. The molecule has 0 radical (unpaired) electrons. The van der Waals surface area contributed by atoms with Gasteiger partial charge in [-0.05, 0) is 85.8 Å². The van der Waals surface area contributed by atoms with Gasteiger partial charge in [-0.3, -0.25) is 24.1 Å². The Hall–Kier alpha value is -6.16. The topological polar surface area (TPSA) is 123 Å². The first kappa shape index (κ1) is 34.9. The van der Waals surface area contributed by atoms with Gasteiger partial charge in [0.1, 0.15) is 23.0 Å². The van der Waals surface area contributed by atoms with Gasteiger partial charge in [0.15, 0.2) is 0 Å². The molecular formula is C44H40N2O8. The molecule has 0 spiro atoms. The molecule has 10 heteroatoms. The van der Waals surface area contributed by atoms with E-state index in [9.17, 15) is 24.3 Å². The van der Waals surface area contributed by atoms with Crippen molar-refractivity contribution >= 4 is 47.2 Å². The normalized spacial score (nSPS) is 26.1. The molecule has 2 heterocycles. The van der Waals surface area contributed by atoms with Crippen LogP contribution in [0, 0.1) is 29.1 Å². The summed E-state index contributed by atoms with van der Waals surface area (Å²) in [5.74, 6) is -3.25. The lowest BCUT2D eigenvalue weighted by molar-refractivity contribution is -0.131. The third-order valence-corrected chi connectivity index (χ3v) is 11.9. The Bertz CT molecular complexity index is 2250. The number of nitrogens with zero attached hydrogens (tertiary/aromatic N) is 2. The number of ether oxygens (including phenoxy) is 3. The summed E-state index contributed by atoms with van der Waals surface area (Å²) in [7, 11) is 4.70. The number of imide groups is 2. The van der Waals surface area contributed by atoms with E-state index in [4.69, 9.17) is 14.2 Å². The predicted molar refractivity (Wildman–Crippen MR) is 203 cm³/mol. The van der Waals surface area contributed by atoms with Crippen LogP contribution in [0.2, 0.25) is 0 Å². The smallest absolute Gasteiger partial charge is 0.241 e. The van der Waals surface area contributed by atoms with Gasteiger partial charge in [0.25, 0.3) is 0 Å². The van der Waals surface area contributed by atoms with E-state index in [1.807, 2.05) is 54.6 Å². The molecule has 0 bridgehead atoms. The molecule has 4 aromatic rings. The van der Waals surface area contributed by atoms with Crippen LogP contribution in [0.15, 0.2) is 103 Å². The highest BCUT2D eigenvalue weighted by molar-refractivity contribution is 6.25. The van der Waals surface area contributed by atoms with Crippen molar-refractivity contribution in [1.82, 2.24) is 0 Å². The van der Waals surface area contributed by atoms with Crippen molar-refractivity contribution in [2.24, 2.45) is 29.1 Å². The van der Waals surface area contributed by atoms with E-state index in [1.54, 1.807) is 75.7 Å². The van der Waals surface area contributed by atoms with Crippen molar-refractivity contribution in [2.75, 3.05) is 31.1 Å². The number of phenolic OH excluding ortho intramolecular Hbond substituents is 1. The molecule has 1 N–H and O–H groups in total. The molecule has 0 unspecified atom stereocenters. The number of methoxy groups -OCH3 is 3. The van der Waals surface area contributed by atoms with Crippen molar-refractivity contribution < 1.29 is 38.5 Å². The number of benzene rings is 4. The molecule has 1 saturated carbocycles. The molecule has 2 aliphatic heterocycles. The molecule has 6 atom stereocenters. The Balaban J connectivity index is 1.15. The quantitative estimate of drug-likeness (QED) is 0.117. The van der Waals surface area contributed by atoms with Crippen molar-refractivity contribution in [2.45, 2.75) is 25.7 Å². The molecule has 0 aromatic heterocycles. The average molecular weight is 725 g/mol. The van der Waals surface area contributed by atoms with Gasteiger partial charge in [-0.15, -0.1) is 0 Å². The number of anilines is 2. The largest absolute Gasteiger partial charge is 0.508 e. The van der Waals surface area contributed by atoms with E-state index in [2.05, 4.69) is 0 Å². The lowest BCUT2D eigenvalue weighted by atomic mass is 9.51. The van der Waals surface area contributed by atoms with Crippen LogP contribution >= 0.6 is 0 Å².